The standard InChI is InChI=1S/C25H27N3O5/c1-4-13-7-8-19(33-20(26)5-2)15-9-14-11-28-18(22(14)27-21(13)15)10-17-16(23(28)29)12-32-24(30)25(17,31)6-3/h7-10,20,31H,4-6,11-12,26H2,1-3H3/t20-,25-/m0/s1. The van der Waals surface area contributed by atoms with Crippen molar-refractivity contribution in [1.29, 1.82) is 0 Å². The van der Waals surface area contributed by atoms with Gasteiger partial charge in [0.2, 0.25) is 0 Å². The molecule has 0 spiro atoms. The molecule has 0 amide bonds. The van der Waals surface area contributed by atoms with Crippen molar-refractivity contribution in [2.24, 2.45) is 5.73 Å². The van der Waals surface area contributed by atoms with Crippen LogP contribution in [0.5, 0.6) is 5.75 Å². The lowest BCUT2D eigenvalue weighted by Crippen LogP contribution is -2.44. The number of carbonyl (C=O) groups excluding carboxylic acids is 1. The van der Waals surface area contributed by atoms with Gasteiger partial charge in [0.25, 0.3) is 5.56 Å². The van der Waals surface area contributed by atoms with Crippen molar-refractivity contribution >= 4 is 16.9 Å². The molecule has 0 saturated carbocycles. The molecule has 0 bridgehead atoms. The van der Waals surface area contributed by atoms with Crippen LogP contribution < -0.4 is 16.0 Å². The molecule has 0 saturated heterocycles. The second-order valence-corrected chi connectivity index (χ2v) is 8.64. The average molecular weight is 450 g/mol. The molecule has 172 valence electrons. The van der Waals surface area contributed by atoms with E-state index in [1.165, 1.54) is 0 Å². The molecule has 2 atom stereocenters. The summed E-state index contributed by atoms with van der Waals surface area (Å²) in [5.74, 6) is -0.0670. The Hall–Kier alpha value is -3.23. The summed E-state index contributed by atoms with van der Waals surface area (Å²) in [7, 11) is 0. The summed E-state index contributed by atoms with van der Waals surface area (Å²) < 4.78 is 12.7. The Morgan fingerprint density at radius 3 is 2.76 bits per heavy atom. The van der Waals surface area contributed by atoms with Crippen LogP contribution in [-0.2, 0) is 34.7 Å². The van der Waals surface area contributed by atoms with Gasteiger partial charge in [-0.05, 0) is 43.0 Å². The van der Waals surface area contributed by atoms with E-state index >= 15 is 0 Å². The Balaban J connectivity index is 1.75. The lowest BCUT2D eigenvalue weighted by atomic mass is 9.86. The number of fused-ring (bicyclic) bond motifs is 5. The van der Waals surface area contributed by atoms with E-state index in [0.29, 0.717) is 41.2 Å². The molecule has 4 heterocycles. The number of carbonyl (C=O) groups is 1. The Morgan fingerprint density at radius 2 is 2.06 bits per heavy atom. The van der Waals surface area contributed by atoms with Crippen LogP contribution in [0, 0.1) is 0 Å². The van der Waals surface area contributed by atoms with Crippen LogP contribution in [-0.4, -0.2) is 26.9 Å². The maximum Gasteiger partial charge on any atom is 0.343 e. The lowest BCUT2D eigenvalue weighted by Gasteiger charge is -2.31. The highest BCUT2D eigenvalue weighted by atomic mass is 16.6. The minimum atomic E-state index is -1.84. The minimum absolute atomic E-state index is 0.109. The molecule has 2 aliphatic rings. The van der Waals surface area contributed by atoms with Crippen molar-refractivity contribution in [2.45, 2.75) is 65.0 Å². The quantitative estimate of drug-likeness (QED) is 0.355. The first-order valence-corrected chi connectivity index (χ1v) is 11.4. The SMILES string of the molecule is CCc1ccc(O[C@H](N)CC)c2cc3c(nc12)-c1cc2c(c(=O)n1C3)COC(=O)[C@]2(O)CC. The van der Waals surface area contributed by atoms with Gasteiger partial charge in [-0.25, -0.2) is 9.78 Å². The first-order chi connectivity index (χ1) is 15.8. The third-order valence-electron chi connectivity index (χ3n) is 6.78. The molecular formula is C25H27N3O5. The molecule has 0 radical (unpaired) electrons. The van der Waals surface area contributed by atoms with Gasteiger partial charge < -0.3 is 19.1 Å². The zero-order chi connectivity index (χ0) is 23.5. The minimum Gasteiger partial charge on any atom is -0.475 e. The smallest absolute Gasteiger partial charge is 0.343 e. The maximum absolute atomic E-state index is 13.3. The summed E-state index contributed by atoms with van der Waals surface area (Å²) in [6, 6.07) is 7.64. The third kappa shape index (κ3) is 3.08. The number of cyclic esters (lactones) is 1. The van der Waals surface area contributed by atoms with Gasteiger partial charge in [-0.2, -0.15) is 0 Å². The number of pyridine rings is 2. The van der Waals surface area contributed by atoms with Gasteiger partial charge >= 0.3 is 5.97 Å². The molecule has 0 fully saturated rings. The van der Waals surface area contributed by atoms with Gasteiger partial charge in [0.15, 0.2) is 5.60 Å². The van der Waals surface area contributed by atoms with Crippen LogP contribution in [0.3, 0.4) is 0 Å². The number of aromatic nitrogens is 2. The highest BCUT2D eigenvalue weighted by Crippen LogP contribution is 2.40. The molecule has 3 N–H and O–H groups in total. The van der Waals surface area contributed by atoms with Crippen LogP contribution in [0.1, 0.15) is 55.9 Å². The Labute approximate surface area is 191 Å². The molecule has 0 aliphatic carbocycles. The number of aryl methyl sites for hydroxylation is 1. The van der Waals surface area contributed by atoms with Gasteiger partial charge in [-0.3, -0.25) is 10.5 Å². The number of aliphatic hydroxyl groups is 1. The molecule has 5 rings (SSSR count). The molecular weight excluding hydrogens is 422 g/mol. The second-order valence-electron chi connectivity index (χ2n) is 8.64. The fraction of sp³-hybridized carbons (Fsp3) is 0.400. The maximum atomic E-state index is 13.3. The van der Waals surface area contributed by atoms with E-state index in [-0.39, 0.29) is 18.6 Å². The highest BCUT2D eigenvalue weighted by molar-refractivity contribution is 5.91. The highest BCUT2D eigenvalue weighted by Gasteiger charge is 2.45. The van der Waals surface area contributed by atoms with Gasteiger partial charge in [-0.15, -0.1) is 0 Å². The van der Waals surface area contributed by atoms with Crippen molar-refractivity contribution in [1.82, 2.24) is 9.55 Å². The molecule has 2 aromatic heterocycles. The van der Waals surface area contributed by atoms with Crippen molar-refractivity contribution < 1.29 is 19.4 Å². The number of hydrogen-bond donors (Lipinski definition) is 2. The number of rotatable bonds is 5. The van der Waals surface area contributed by atoms with Crippen LogP contribution in [0.15, 0.2) is 29.1 Å². The Kier molecular flexibility index (Phi) is 5.02. The molecule has 8 heteroatoms. The normalized spacial score (nSPS) is 19.6. The van der Waals surface area contributed by atoms with E-state index in [9.17, 15) is 14.7 Å². The van der Waals surface area contributed by atoms with E-state index in [0.717, 1.165) is 28.5 Å². The Bertz CT molecular complexity index is 1360. The fourth-order valence-corrected chi connectivity index (χ4v) is 4.73. The van der Waals surface area contributed by atoms with E-state index in [4.69, 9.17) is 20.2 Å². The van der Waals surface area contributed by atoms with Crippen LogP contribution >= 0.6 is 0 Å². The number of nitrogens with two attached hydrogens (primary N) is 1. The van der Waals surface area contributed by atoms with Gasteiger partial charge in [0.1, 0.15) is 18.6 Å². The first-order valence-electron chi connectivity index (χ1n) is 11.4. The molecule has 33 heavy (non-hydrogen) atoms. The summed E-state index contributed by atoms with van der Waals surface area (Å²) >= 11 is 0. The number of hydrogen-bond acceptors (Lipinski definition) is 7. The van der Waals surface area contributed by atoms with Crippen molar-refractivity contribution in [3.8, 4) is 17.1 Å². The second kappa shape index (κ2) is 7.67. The Morgan fingerprint density at radius 1 is 1.27 bits per heavy atom. The van der Waals surface area contributed by atoms with Crippen molar-refractivity contribution in [2.75, 3.05) is 0 Å². The van der Waals surface area contributed by atoms with E-state index in [1.807, 2.05) is 25.1 Å². The molecule has 8 nitrogen and oxygen atoms in total. The number of ether oxygens (including phenoxy) is 2. The van der Waals surface area contributed by atoms with E-state index in [2.05, 4.69) is 6.92 Å². The predicted molar refractivity (Wildman–Crippen MR) is 123 cm³/mol. The van der Waals surface area contributed by atoms with Crippen molar-refractivity contribution in [3.63, 3.8) is 0 Å². The summed E-state index contributed by atoms with van der Waals surface area (Å²) in [5.41, 5.74) is 8.53. The van der Waals surface area contributed by atoms with E-state index < -0.39 is 17.8 Å². The van der Waals surface area contributed by atoms with E-state index in [1.54, 1.807) is 17.6 Å². The number of benzene rings is 1. The largest absolute Gasteiger partial charge is 0.475 e. The molecule has 3 aromatic rings. The van der Waals surface area contributed by atoms with Crippen LogP contribution in [0.25, 0.3) is 22.3 Å². The van der Waals surface area contributed by atoms with Gasteiger partial charge in [0, 0.05) is 16.5 Å². The zero-order valence-electron chi connectivity index (χ0n) is 19.0. The third-order valence-corrected chi connectivity index (χ3v) is 6.78. The summed E-state index contributed by atoms with van der Waals surface area (Å²) in [5, 5.41) is 11.9. The average Bonchev–Trinajstić information content (AvgIpc) is 3.18. The predicted octanol–water partition coefficient (Wildman–Crippen LogP) is 2.72. The van der Waals surface area contributed by atoms with Crippen molar-refractivity contribution in [3.05, 3.63) is 56.9 Å². The number of esters is 1. The fourth-order valence-electron chi connectivity index (χ4n) is 4.73. The topological polar surface area (TPSA) is 117 Å². The summed E-state index contributed by atoms with van der Waals surface area (Å²) in [6.07, 6.45) is 1.13. The number of nitrogens with zero attached hydrogens (tertiary/aromatic N) is 2. The van der Waals surface area contributed by atoms with Crippen LogP contribution in [0.2, 0.25) is 0 Å². The van der Waals surface area contributed by atoms with Crippen LogP contribution in [0.4, 0.5) is 0 Å². The summed E-state index contributed by atoms with van der Waals surface area (Å²) in [4.78, 5) is 30.7. The first kappa shape index (κ1) is 21.6. The lowest BCUT2D eigenvalue weighted by molar-refractivity contribution is -0.172. The van der Waals surface area contributed by atoms with Gasteiger partial charge in [0.05, 0.1) is 29.0 Å². The van der Waals surface area contributed by atoms with Gasteiger partial charge in [-0.1, -0.05) is 26.8 Å². The zero-order valence-corrected chi connectivity index (χ0v) is 19.0. The molecule has 1 aromatic carbocycles. The summed E-state index contributed by atoms with van der Waals surface area (Å²) in [6.45, 7) is 5.91. The monoisotopic (exact) mass is 449 g/mol. The molecule has 2 aliphatic heterocycles. The molecule has 0 unspecified atom stereocenters.